The van der Waals surface area contributed by atoms with Gasteiger partial charge in [-0.3, -0.25) is 9.69 Å². The highest BCUT2D eigenvalue weighted by Gasteiger charge is 2.30. The van der Waals surface area contributed by atoms with Gasteiger partial charge in [-0.2, -0.15) is 4.31 Å². The van der Waals surface area contributed by atoms with Crippen LogP contribution in [0.15, 0.2) is 29.2 Å². The van der Waals surface area contributed by atoms with Crippen molar-refractivity contribution in [1.82, 2.24) is 19.4 Å². The lowest BCUT2D eigenvalue weighted by Gasteiger charge is -2.36. The van der Waals surface area contributed by atoms with Crippen molar-refractivity contribution in [2.45, 2.75) is 30.7 Å². The lowest BCUT2D eigenvalue weighted by molar-refractivity contribution is -0.133. The molecule has 8 heteroatoms. The molecule has 1 aromatic carbocycles. The van der Waals surface area contributed by atoms with Gasteiger partial charge in [-0.15, -0.1) is 0 Å². The van der Waals surface area contributed by atoms with Crippen LogP contribution in [0.1, 0.15) is 18.4 Å². The summed E-state index contributed by atoms with van der Waals surface area (Å²) in [5.74, 6) is 0.122. The molecule has 2 saturated heterocycles. The zero-order valence-corrected chi connectivity index (χ0v) is 17.0. The molecular weight excluding hydrogens is 364 g/mol. The molecule has 1 N–H and O–H groups in total. The van der Waals surface area contributed by atoms with E-state index >= 15 is 0 Å². The Morgan fingerprint density at radius 2 is 1.70 bits per heavy atom. The Hall–Kier alpha value is -1.48. The molecule has 0 bridgehead atoms. The number of hydrogen-bond acceptors (Lipinski definition) is 5. The van der Waals surface area contributed by atoms with Gasteiger partial charge in [-0.25, -0.2) is 8.42 Å². The number of nitrogens with zero attached hydrogens (tertiary/aromatic N) is 3. The Balaban J connectivity index is 1.52. The maximum atomic E-state index is 12.8. The van der Waals surface area contributed by atoms with Crippen LogP contribution in [0.2, 0.25) is 0 Å². The van der Waals surface area contributed by atoms with E-state index in [1.54, 1.807) is 12.1 Å². The molecule has 0 spiro atoms. The van der Waals surface area contributed by atoms with Gasteiger partial charge >= 0.3 is 0 Å². The van der Waals surface area contributed by atoms with Crippen molar-refractivity contribution in [3.8, 4) is 0 Å². The normalized spacial score (nSPS) is 20.5. The van der Waals surface area contributed by atoms with Crippen molar-refractivity contribution in [3.63, 3.8) is 0 Å². The molecular formula is C19H30N4O3S. The summed E-state index contributed by atoms with van der Waals surface area (Å²) in [5, 5.41) is 3.31. The Bertz CT molecular complexity index is 737. The van der Waals surface area contributed by atoms with E-state index in [1.165, 1.54) is 4.31 Å². The lowest BCUT2D eigenvalue weighted by Crippen LogP contribution is -2.52. The Morgan fingerprint density at radius 1 is 1.11 bits per heavy atom. The fraction of sp³-hybridized carbons (Fsp3) is 0.632. The van der Waals surface area contributed by atoms with Crippen LogP contribution in [0.4, 0.5) is 0 Å². The van der Waals surface area contributed by atoms with Gasteiger partial charge in [0.05, 0.1) is 11.4 Å². The van der Waals surface area contributed by atoms with Gasteiger partial charge in [-0.1, -0.05) is 17.7 Å². The molecule has 0 saturated carbocycles. The van der Waals surface area contributed by atoms with Crippen molar-refractivity contribution >= 4 is 15.9 Å². The van der Waals surface area contributed by atoms with Crippen molar-refractivity contribution < 1.29 is 13.2 Å². The van der Waals surface area contributed by atoms with E-state index < -0.39 is 10.0 Å². The van der Waals surface area contributed by atoms with E-state index in [2.05, 4.69) is 10.2 Å². The number of sulfonamides is 1. The molecule has 2 aliphatic rings. The molecule has 150 valence electrons. The molecule has 7 nitrogen and oxygen atoms in total. The predicted molar refractivity (Wildman–Crippen MR) is 105 cm³/mol. The smallest absolute Gasteiger partial charge is 0.243 e. The Labute approximate surface area is 162 Å². The van der Waals surface area contributed by atoms with E-state index in [9.17, 15) is 13.2 Å². The van der Waals surface area contributed by atoms with E-state index in [0.29, 0.717) is 43.7 Å². The molecule has 27 heavy (non-hydrogen) atoms. The summed E-state index contributed by atoms with van der Waals surface area (Å²) < 4.78 is 27.1. The monoisotopic (exact) mass is 394 g/mol. The zero-order valence-electron chi connectivity index (χ0n) is 16.2. The van der Waals surface area contributed by atoms with Gasteiger partial charge < -0.3 is 10.2 Å². The number of piperazine rings is 1. The Morgan fingerprint density at radius 3 is 2.30 bits per heavy atom. The third kappa shape index (κ3) is 4.87. The second-order valence-electron chi connectivity index (χ2n) is 7.48. The quantitative estimate of drug-likeness (QED) is 0.788. The number of nitrogens with one attached hydrogen (secondary N) is 1. The molecule has 0 atom stereocenters. The molecule has 0 aliphatic carbocycles. The van der Waals surface area contributed by atoms with Crippen LogP contribution in [-0.4, -0.2) is 87.3 Å². The van der Waals surface area contributed by atoms with Crippen molar-refractivity contribution in [2.24, 2.45) is 0 Å². The van der Waals surface area contributed by atoms with E-state index in [-0.39, 0.29) is 5.91 Å². The van der Waals surface area contributed by atoms with E-state index in [0.717, 1.165) is 31.5 Å². The fourth-order valence-electron chi connectivity index (χ4n) is 3.69. The topological polar surface area (TPSA) is 73.0 Å². The van der Waals surface area contributed by atoms with Gasteiger partial charge in [0.1, 0.15) is 0 Å². The SMILES string of the molecule is Cc1ccc(S(=O)(=O)N2CCN(CC(=O)N(C)C3CCNCC3)CC2)cc1. The second-order valence-corrected chi connectivity index (χ2v) is 9.42. The summed E-state index contributed by atoms with van der Waals surface area (Å²) in [7, 11) is -1.57. The van der Waals surface area contributed by atoms with E-state index in [4.69, 9.17) is 0 Å². The summed E-state index contributed by atoms with van der Waals surface area (Å²) >= 11 is 0. The molecule has 2 heterocycles. The van der Waals surface area contributed by atoms with Crippen molar-refractivity contribution in [3.05, 3.63) is 29.8 Å². The summed E-state index contributed by atoms with van der Waals surface area (Å²) in [6.45, 7) is 6.20. The Kier molecular flexibility index (Phi) is 6.52. The van der Waals surface area contributed by atoms with Gasteiger partial charge in [0.15, 0.2) is 0 Å². The molecule has 0 radical (unpaired) electrons. The van der Waals surface area contributed by atoms with Gasteiger partial charge in [0.25, 0.3) is 0 Å². The number of carbonyl (C=O) groups is 1. The number of piperidine rings is 1. The molecule has 1 aromatic rings. The maximum Gasteiger partial charge on any atom is 0.243 e. The summed E-state index contributed by atoms with van der Waals surface area (Å²) in [4.78, 5) is 16.8. The maximum absolute atomic E-state index is 12.8. The second kappa shape index (κ2) is 8.68. The number of rotatable bonds is 5. The van der Waals surface area contributed by atoms with Crippen LogP contribution < -0.4 is 5.32 Å². The molecule has 0 aromatic heterocycles. The minimum Gasteiger partial charge on any atom is -0.342 e. The average Bonchev–Trinajstić information content (AvgIpc) is 2.69. The number of carbonyl (C=O) groups excluding carboxylic acids is 1. The third-order valence-electron chi connectivity index (χ3n) is 5.60. The van der Waals surface area contributed by atoms with Crippen LogP contribution in [-0.2, 0) is 14.8 Å². The number of aryl methyl sites for hydroxylation is 1. The highest BCUT2D eigenvalue weighted by molar-refractivity contribution is 7.89. The lowest BCUT2D eigenvalue weighted by atomic mass is 10.1. The van der Waals surface area contributed by atoms with Crippen molar-refractivity contribution in [2.75, 3.05) is 52.9 Å². The minimum absolute atomic E-state index is 0.122. The first-order chi connectivity index (χ1) is 12.9. The third-order valence-corrected chi connectivity index (χ3v) is 7.51. The molecule has 3 rings (SSSR count). The number of likely N-dealkylation sites (N-methyl/N-ethyl adjacent to an activating group) is 1. The highest BCUT2D eigenvalue weighted by Crippen LogP contribution is 2.18. The number of amides is 1. The van der Waals surface area contributed by atoms with Crippen molar-refractivity contribution in [1.29, 1.82) is 0 Å². The van der Waals surface area contributed by atoms with Crippen LogP contribution >= 0.6 is 0 Å². The molecule has 2 fully saturated rings. The first kappa shape index (κ1) is 20.3. The van der Waals surface area contributed by atoms with Crippen LogP contribution in [0, 0.1) is 6.92 Å². The minimum atomic E-state index is -3.46. The number of benzene rings is 1. The summed E-state index contributed by atoms with van der Waals surface area (Å²) in [6.07, 6.45) is 1.98. The van der Waals surface area contributed by atoms with Gasteiger partial charge in [-0.05, 0) is 45.0 Å². The van der Waals surface area contributed by atoms with Crippen LogP contribution in [0.25, 0.3) is 0 Å². The first-order valence-electron chi connectivity index (χ1n) is 9.63. The van der Waals surface area contributed by atoms with Crippen LogP contribution in [0.5, 0.6) is 0 Å². The van der Waals surface area contributed by atoms with Crippen LogP contribution in [0.3, 0.4) is 0 Å². The first-order valence-corrected chi connectivity index (χ1v) is 11.1. The van der Waals surface area contributed by atoms with Gasteiger partial charge in [0.2, 0.25) is 15.9 Å². The highest BCUT2D eigenvalue weighted by atomic mass is 32.2. The molecule has 0 unspecified atom stereocenters. The largest absolute Gasteiger partial charge is 0.342 e. The molecule has 1 amide bonds. The fourth-order valence-corrected chi connectivity index (χ4v) is 5.11. The summed E-state index contributed by atoms with van der Waals surface area (Å²) in [5.41, 5.74) is 1.04. The van der Waals surface area contributed by atoms with Gasteiger partial charge in [0, 0.05) is 39.3 Å². The average molecular weight is 395 g/mol. The standard InChI is InChI=1S/C19H30N4O3S/c1-16-3-5-18(6-4-16)27(25,26)23-13-11-22(12-14-23)15-19(24)21(2)17-7-9-20-10-8-17/h3-6,17,20H,7-15H2,1-2H3. The zero-order chi connectivity index (χ0) is 19.4. The van der Waals surface area contributed by atoms with E-state index in [1.807, 2.05) is 31.0 Å². The number of hydrogen-bond donors (Lipinski definition) is 1. The summed E-state index contributed by atoms with van der Waals surface area (Å²) in [6, 6.07) is 7.27. The predicted octanol–water partition coefficient (Wildman–Crippen LogP) is 0.512. The molecule has 2 aliphatic heterocycles.